The molecule has 3 aliphatic rings. The number of amides is 2. The summed E-state index contributed by atoms with van der Waals surface area (Å²) >= 11 is 1.71. The van der Waals surface area contributed by atoms with E-state index in [1.807, 2.05) is 30.3 Å². The molecule has 0 N–H and O–H groups in total. The quantitative estimate of drug-likeness (QED) is 0.603. The summed E-state index contributed by atoms with van der Waals surface area (Å²) in [6.45, 7) is 0.971. The summed E-state index contributed by atoms with van der Waals surface area (Å²) in [7, 11) is 0. The number of fused-ring (bicyclic) bond motifs is 3. The van der Waals surface area contributed by atoms with Gasteiger partial charge < -0.3 is 0 Å². The molecule has 0 saturated carbocycles. The molecule has 0 unspecified atom stereocenters. The Labute approximate surface area is 163 Å². The van der Waals surface area contributed by atoms with E-state index in [0.717, 1.165) is 24.9 Å². The average molecular weight is 378 g/mol. The molecule has 138 valence electrons. The van der Waals surface area contributed by atoms with Gasteiger partial charge in [-0.05, 0) is 55.5 Å². The number of carbonyl (C=O) groups excluding carboxylic acids is 2. The summed E-state index contributed by atoms with van der Waals surface area (Å²) in [5.41, 5.74) is 1.85. The summed E-state index contributed by atoms with van der Waals surface area (Å²) in [5.74, 6) is -0.547. The van der Waals surface area contributed by atoms with Crippen LogP contribution in [0.2, 0.25) is 0 Å². The zero-order valence-electron chi connectivity index (χ0n) is 15.2. The fraction of sp³-hybridized carbons (Fsp3) is 0.364. The van der Waals surface area contributed by atoms with Crippen LogP contribution in [0, 0.1) is 11.8 Å². The SMILES string of the molecule is CSc1ccc([C@@H]2[C@H]3C(=O)N(c4ccccc4)C(=O)[C@@H]3[C@H]3CCCN32)cc1. The van der Waals surface area contributed by atoms with Gasteiger partial charge in [-0.3, -0.25) is 14.5 Å². The number of benzene rings is 2. The second kappa shape index (κ2) is 6.50. The van der Waals surface area contributed by atoms with Gasteiger partial charge >= 0.3 is 0 Å². The molecule has 5 rings (SSSR count). The van der Waals surface area contributed by atoms with Gasteiger partial charge in [-0.2, -0.15) is 0 Å². The lowest BCUT2D eigenvalue weighted by molar-refractivity contribution is -0.123. The van der Waals surface area contributed by atoms with Crippen molar-refractivity contribution in [1.82, 2.24) is 4.90 Å². The molecule has 0 aliphatic carbocycles. The number of hydrogen-bond acceptors (Lipinski definition) is 4. The van der Waals surface area contributed by atoms with Crippen molar-refractivity contribution in [3.05, 3.63) is 60.2 Å². The van der Waals surface area contributed by atoms with E-state index in [1.54, 1.807) is 11.8 Å². The second-order valence-corrected chi connectivity index (χ2v) is 8.44. The van der Waals surface area contributed by atoms with E-state index in [-0.39, 0.29) is 35.7 Å². The van der Waals surface area contributed by atoms with Gasteiger partial charge in [0.25, 0.3) is 0 Å². The number of nitrogens with zero attached hydrogens (tertiary/aromatic N) is 2. The lowest BCUT2D eigenvalue weighted by atomic mass is 9.85. The lowest BCUT2D eigenvalue weighted by Gasteiger charge is -2.29. The molecule has 0 bridgehead atoms. The molecule has 4 nitrogen and oxygen atoms in total. The highest BCUT2D eigenvalue weighted by molar-refractivity contribution is 7.98. The van der Waals surface area contributed by atoms with Gasteiger partial charge in [0.1, 0.15) is 0 Å². The zero-order valence-corrected chi connectivity index (χ0v) is 16.1. The van der Waals surface area contributed by atoms with E-state index in [4.69, 9.17) is 0 Å². The molecule has 0 radical (unpaired) electrons. The van der Waals surface area contributed by atoms with Gasteiger partial charge in [0.05, 0.1) is 17.5 Å². The van der Waals surface area contributed by atoms with Crippen LogP contribution in [0.15, 0.2) is 59.5 Å². The van der Waals surface area contributed by atoms with Gasteiger partial charge in [0.2, 0.25) is 11.8 Å². The third-order valence-electron chi connectivity index (χ3n) is 6.32. The highest BCUT2D eigenvalue weighted by Gasteiger charge is 2.63. The van der Waals surface area contributed by atoms with Crippen molar-refractivity contribution in [1.29, 1.82) is 0 Å². The summed E-state index contributed by atoms with van der Waals surface area (Å²) in [6.07, 6.45) is 4.16. The molecule has 3 aliphatic heterocycles. The highest BCUT2D eigenvalue weighted by Crippen LogP contribution is 2.53. The molecule has 2 amide bonds. The Kier molecular flexibility index (Phi) is 4.10. The fourth-order valence-electron chi connectivity index (χ4n) is 5.23. The summed E-state index contributed by atoms with van der Waals surface area (Å²) in [4.78, 5) is 31.8. The maximum Gasteiger partial charge on any atom is 0.239 e. The van der Waals surface area contributed by atoms with Gasteiger partial charge in [0.15, 0.2) is 0 Å². The molecule has 4 atom stereocenters. The molecular formula is C22H22N2O2S. The van der Waals surface area contributed by atoms with E-state index < -0.39 is 0 Å². The van der Waals surface area contributed by atoms with Crippen LogP contribution < -0.4 is 4.90 Å². The Bertz CT molecular complexity index is 883. The van der Waals surface area contributed by atoms with Crippen LogP contribution in [0.1, 0.15) is 24.4 Å². The van der Waals surface area contributed by atoms with Crippen LogP contribution in [0.5, 0.6) is 0 Å². The normalized spacial score (nSPS) is 30.0. The third kappa shape index (κ3) is 2.48. The highest BCUT2D eigenvalue weighted by atomic mass is 32.2. The first-order valence-corrected chi connectivity index (χ1v) is 10.8. The van der Waals surface area contributed by atoms with Gasteiger partial charge in [-0.15, -0.1) is 11.8 Å². The molecule has 2 aromatic carbocycles. The minimum absolute atomic E-state index is 0.00330. The van der Waals surface area contributed by atoms with E-state index >= 15 is 0 Å². The van der Waals surface area contributed by atoms with Crippen molar-refractivity contribution in [2.45, 2.75) is 29.8 Å². The van der Waals surface area contributed by atoms with Crippen LogP contribution >= 0.6 is 11.8 Å². The number of imide groups is 1. The van der Waals surface area contributed by atoms with Gasteiger partial charge in [-0.1, -0.05) is 30.3 Å². The Balaban J connectivity index is 1.57. The number of anilines is 1. The topological polar surface area (TPSA) is 40.6 Å². The van der Waals surface area contributed by atoms with Crippen molar-refractivity contribution in [3.63, 3.8) is 0 Å². The number of hydrogen-bond donors (Lipinski definition) is 0. The second-order valence-electron chi connectivity index (χ2n) is 7.56. The van der Waals surface area contributed by atoms with E-state index in [2.05, 4.69) is 35.4 Å². The molecule has 5 heteroatoms. The van der Waals surface area contributed by atoms with Crippen LogP contribution in [-0.2, 0) is 9.59 Å². The third-order valence-corrected chi connectivity index (χ3v) is 7.07. The van der Waals surface area contributed by atoms with Gasteiger partial charge in [-0.25, -0.2) is 4.90 Å². The Morgan fingerprint density at radius 3 is 2.33 bits per heavy atom. The van der Waals surface area contributed by atoms with E-state index in [9.17, 15) is 9.59 Å². The number of rotatable bonds is 3. The molecule has 3 fully saturated rings. The Hall–Kier alpha value is -2.11. The maximum absolute atomic E-state index is 13.4. The van der Waals surface area contributed by atoms with Gasteiger partial charge in [0, 0.05) is 17.0 Å². The monoisotopic (exact) mass is 378 g/mol. The van der Waals surface area contributed by atoms with E-state index in [1.165, 1.54) is 9.80 Å². The number of carbonyl (C=O) groups is 2. The summed E-state index contributed by atoms with van der Waals surface area (Å²) < 4.78 is 0. The largest absolute Gasteiger partial charge is 0.292 e. The standard InChI is InChI=1S/C22H22N2O2S/c1-27-16-11-9-14(10-12-16)20-19-18(17-8-5-13-23(17)20)21(25)24(22(19)26)15-6-3-2-4-7-15/h2-4,6-7,9-12,17-20H,5,8,13H2,1H3/t17-,18-,19+,20-/m1/s1. The molecular weight excluding hydrogens is 356 g/mol. The Morgan fingerprint density at radius 2 is 1.63 bits per heavy atom. The molecule has 3 heterocycles. The molecule has 3 saturated heterocycles. The first kappa shape index (κ1) is 17.0. The summed E-state index contributed by atoms with van der Waals surface area (Å²) in [6, 6.07) is 18.1. The minimum atomic E-state index is -0.275. The van der Waals surface area contributed by atoms with Crippen LogP contribution in [0.4, 0.5) is 5.69 Å². The van der Waals surface area contributed by atoms with Crippen molar-refractivity contribution < 1.29 is 9.59 Å². The molecule has 2 aromatic rings. The van der Waals surface area contributed by atoms with Crippen LogP contribution in [-0.4, -0.2) is 35.6 Å². The lowest BCUT2D eigenvalue weighted by Crippen LogP contribution is -2.39. The minimum Gasteiger partial charge on any atom is -0.292 e. The zero-order chi connectivity index (χ0) is 18.5. The average Bonchev–Trinajstić information content (AvgIpc) is 3.35. The van der Waals surface area contributed by atoms with Crippen LogP contribution in [0.3, 0.4) is 0 Å². The fourth-order valence-corrected chi connectivity index (χ4v) is 5.64. The van der Waals surface area contributed by atoms with Crippen LogP contribution in [0.25, 0.3) is 0 Å². The number of thioether (sulfide) groups is 1. The number of para-hydroxylation sites is 1. The predicted octanol–water partition coefficient (Wildman–Crippen LogP) is 3.73. The predicted molar refractivity (Wildman–Crippen MR) is 107 cm³/mol. The van der Waals surface area contributed by atoms with Crippen molar-refractivity contribution in [2.75, 3.05) is 17.7 Å². The molecule has 0 spiro atoms. The van der Waals surface area contributed by atoms with Crippen molar-refractivity contribution in [2.24, 2.45) is 11.8 Å². The smallest absolute Gasteiger partial charge is 0.239 e. The molecule has 0 aromatic heterocycles. The first-order chi connectivity index (χ1) is 13.2. The first-order valence-electron chi connectivity index (χ1n) is 9.53. The molecule has 27 heavy (non-hydrogen) atoms. The van der Waals surface area contributed by atoms with Crippen molar-refractivity contribution in [3.8, 4) is 0 Å². The van der Waals surface area contributed by atoms with Crippen molar-refractivity contribution >= 4 is 29.3 Å². The summed E-state index contributed by atoms with van der Waals surface area (Å²) in [5, 5.41) is 0. The van der Waals surface area contributed by atoms with E-state index in [0.29, 0.717) is 5.69 Å². The maximum atomic E-state index is 13.4. The Morgan fingerprint density at radius 1 is 0.926 bits per heavy atom.